The Labute approximate surface area is 97.6 Å². The summed E-state index contributed by atoms with van der Waals surface area (Å²) in [5.74, 6) is -0.445. The number of hydrogen-bond acceptors (Lipinski definition) is 4. The van der Waals surface area contributed by atoms with Crippen molar-refractivity contribution in [3.05, 3.63) is 34.1 Å². The summed E-state index contributed by atoms with van der Waals surface area (Å²) < 4.78 is 13.2. The number of hydrogen-bond donors (Lipinski definition) is 1. The molecule has 0 aliphatic carbocycles. The third kappa shape index (κ3) is 2.52. The molecular formula is C11H13FN2O3. The van der Waals surface area contributed by atoms with Gasteiger partial charge in [0.15, 0.2) is 0 Å². The van der Waals surface area contributed by atoms with Gasteiger partial charge in [-0.3, -0.25) is 10.1 Å². The second-order valence-corrected chi connectivity index (χ2v) is 4.21. The number of nitro groups is 1. The summed E-state index contributed by atoms with van der Waals surface area (Å²) in [5, 5.41) is 19.6. The van der Waals surface area contributed by atoms with E-state index < -0.39 is 10.7 Å². The fourth-order valence-electron chi connectivity index (χ4n) is 2.06. The molecule has 1 heterocycles. The highest BCUT2D eigenvalue weighted by Gasteiger charge is 2.23. The highest BCUT2D eigenvalue weighted by atomic mass is 19.1. The van der Waals surface area contributed by atoms with E-state index in [1.54, 1.807) is 0 Å². The molecule has 1 fully saturated rings. The topological polar surface area (TPSA) is 66.6 Å². The van der Waals surface area contributed by atoms with Crippen LogP contribution in [0.15, 0.2) is 18.2 Å². The predicted octanol–water partition coefficient (Wildman–Crippen LogP) is 1.55. The van der Waals surface area contributed by atoms with Gasteiger partial charge in [-0.05, 0) is 12.5 Å². The van der Waals surface area contributed by atoms with Crippen molar-refractivity contribution in [3.63, 3.8) is 0 Å². The molecule has 1 aromatic carbocycles. The number of rotatable bonds is 3. The molecule has 92 valence electrons. The van der Waals surface area contributed by atoms with Crippen molar-refractivity contribution in [2.24, 2.45) is 5.92 Å². The molecule has 1 aromatic rings. The third-order valence-electron chi connectivity index (χ3n) is 2.99. The molecule has 17 heavy (non-hydrogen) atoms. The zero-order valence-corrected chi connectivity index (χ0v) is 9.17. The van der Waals surface area contributed by atoms with Crippen LogP contribution in [0.2, 0.25) is 0 Å². The van der Waals surface area contributed by atoms with Gasteiger partial charge in [-0.2, -0.15) is 0 Å². The van der Waals surface area contributed by atoms with Crippen LogP contribution in [-0.4, -0.2) is 29.7 Å². The molecule has 5 nitrogen and oxygen atoms in total. The van der Waals surface area contributed by atoms with Gasteiger partial charge in [0.2, 0.25) is 0 Å². The maximum atomic E-state index is 13.2. The molecule has 1 saturated heterocycles. The predicted molar refractivity (Wildman–Crippen MR) is 60.5 cm³/mol. The normalized spacial score (nSPS) is 19.6. The molecule has 1 aliphatic heterocycles. The molecule has 1 aliphatic rings. The molecule has 1 N–H and O–H groups in total. The van der Waals surface area contributed by atoms with Crippen LogP contribution in [0.1, 0.15) is 6.42 Å². The van der Waals surface area contributed by atoms with Crippen molar-refractivity contribution >= 4 is 11.4 Å². The fraction of sp³-hybridized carbons (Fsp3) is 0.455. The van der Waals surface area contributed by atoms with E-state index >= 15 is 0 Å². The highest BCUT2D eigenvalue weighted by Crippen LogP contribution is 2.27. The summed E-state index contributed by atoms with van der Waals surface area (Å²) in [6.07, 6.45) is 0.820. The van der Waals surface area contributed by atoms with E-state index in [0.717, 1.165) is 12.5 Å². The Hall–Kier alpha value is -1.69. The van der Waals surface area contributed by atoms with Gasteiger partial charge in [0.25, 0.3) is 5.69 Å². The highest BCUT2D eigenvalue weighted by molar-refractivity contribution is 5.54. The molecule has 0 spiro atoms. The van der Waals surface area contributed by atoms with Crippen LogP contribution in [0.25, 0.3) is 0 Å². The summed E-state index contributed by atoms with van der Waals surface area (Å²) in [6, 6.07) is 3.55. The zero-order chi connectivity index (χ0) is 12.4. The number of anilines is 1. The first kappa shape index (κ1) is 11.8. The minimum Gasteiger partial charge on any atom is -0.396 e. The number of halogens is 1. The lowest BCUT2D eigenvalue weighted by Crippen LogP contribution is -2.20. The minimum absolute atomic E-state index is 0.0912. The summed E-state index contributed by atoms with van der Waals surface area (Å²) in [7, 11) is 0. The number of aliphatic hydroxyl groups excluding tert-OH is 1. The van der Waals surface area contributed by atoms with Crippen LogP contribution in [0, 0.1) is 21.8 Å². The second kappa shape index (κ2) is 4.67. The molecule has 1 atom stereocenters. The van der Waals surface area contributed by atoms with Gasteiger partial charge in [0.05, 0.1) is 11.0 Å². The Morgan fingerprint density at radius 1 is 1.53 bits per heavy atom. The molecule has 0 saturated carbocycles. The van der Waals surface area contributed by atoms with Gasteiger partial charge in [0.1, 0.15) is 5.82 Å². The van der Waals surface area contributed by atoms with Crippen molar-refractivity contribution in [3.8, 4) is 0 Å². The van der Waals surface area contributed by atoms with Crippen molar-refractivity contribution < 1.29 is 14.4 Å². The standard InChI is InChI=1S/C11H13FN2O3/c12-9-3-10(5-11(4-9)14(16)17)13-2-1-8(6-13)7-15/h3-5,8,15H,1-2,6-7H2. The van der Waals surface area contributed by atoms with Gasteiger partial charge in [0, 0.05) is 37.4 Å². The van der Waals surface area contributed by atoms with Gasteiger partial charge < -0.3 is 10.0 Å². The molecule has 0 aromatic heterocycles. The van der Waals surface area contributed by atoms with E-state index in [1.165, 1.54) is 12.1 Å². The zero-order valence-electron chi connectivity index (χ0n) is 9.17. The van der Waals surface area contributed by atoms with E-state index in [9.17, 15) is 14.5 Å². The Morgan fingerprint density at radius 2 is 2.29 bits per heavy atom. The van der Waals surface area contributed by atoms with Crippen LogP contribution in [0.5, 0.6) is 0 Å². The van der Waals surface area contributed by atoms with Crippen LogP contribution in [0.4, 0.5) is 15.8 Å². The molecule has 0 bridgehead atoms. The van der Waals surface area contributed by atoms with E-state index in [0.29, 0.717) is 18.8 Å². The number of benzene rings is 1. The molecule has 2 rings (SSSR count). The largest absolute Gasteiger partial charge is 0.396 e. The Balaban J connectivity index is 2.24. The number of nitrogens with zero attached hydrogens (tertiary/aromatic N) is 2. The van der Waals surface area contributed by atoms with Crippen molar-refractivity contribution in [1.29, 1.82) is 0 Å². The van der Waals surface area contributed by atoms with E-state index in [-0.39, 0.29) is 18.2 Å². The van der Waals surface area contributed by atoms with Gasteiger partial charge in [-0.25, -0.2) is 4.39 Å². The number of non-ortho nitro benzene ring substituents is 1. The smallest absolute Gasteiger partial charge is 0.274 e. The molecule has 1 unspecified atom stereocenters. The quantitative estimate of drug-likeness (QED) is 0.643. The summed E-state index contributed by atoms with van der Waals surface area (Å²) in [4.78, 5) is 11.9. The minimum atomic E-state index is -0.610. The average Bonchev–Trinajstić information content (AvgIpc) is 2.76. The lowest BCUT2D eigenvalue weighted by molar-refractivity contribution is -0.385. The second-order valence-electron chi connectivity index (χ2n) is 4.21. The summed E-state index contributed by atoms with van der Waals surface area (Å²) in [6.45, 7) is 1.39. The van der Waals surface area contributed by atoms with Crippen molar-refractivity contribution in [1.82, 2.24) is 0 Å². The number of nitro benzene ring substituents is 1. The third-order valence-corrected chi connectivity index (χ3v) is 2.99. The van der Waals surface area contributed by atoms with Crippen LogP contribution < -0.4 is 4.90 Å². The lowest BCUT2D eigenvalue weighted by atomic mass is 10.1. The van der Waals surface area contributed by atoms with E-state index in [1.807, 2.05) is 4.90 Å². The summed E-state index contributed by atoms with van der Waals surface area (Å²) >= 11 is 0. The maximum Gasteiger partial charge on any atom is 0.274 e. The first-order valence-corrected chi connectivity index (χ1v) is 5.41. The van der Waals surface area contributed by atoms with Crippen molar-refractivity contribution in [2.45, 2.75) is 6.42 Å². The van der Waals surface area contributed by atoms with Crippen LogP contribution in [-0.2, 0) is 0 Å². The van der Waals surface area contributed by atoms with Gasteiger partial charge in [-0.1, -0.05) is 0 Å². The van der Waals surface area contributed by atoms with Crippen LogP contribution >= 0.6 is 0 Å². The first-order valence-electron chi connectivity index (χ1n) is 5.41. The lowest BCUT2D eigenvalue weighted by Gasteiger charge is -2.18. The molecule has 6 heteroatoms. The Bertz CT molecular complexity index is 439. The summed E-state index contributed by atoms with van der Waals surface area (Å²) in [5.41, 5.74) is 0.264. The maximum absolute atomic E-state index is 13.2. The Kier molecular flexibility index (Phi) is 3.23. The Morgan fingerprint density at radius 3 is 2.88 bits per heavy atom. The van der Waals surface area contributed by atoms with Crippen LogP contribution in [0.3, 0.4) is 0 Å². The molecule has 0 amide bonds. The van der Waals surface area contributed by atoms with Crippen molar-refractivity contribution in [2.75, 3.05) is 24.6 Å². The fourth-order valence-corrected chi connectivity index (χ4v) is 2.06. The molecule has 0 radical (unpaired) electrons. The van der Waals surface area contributed by atoms with Gasteiger partial charge >= 0.3 is 0 Å². The van der Waals surface area contributed by atoms with E-state index in [4.69, 9.17) is 5.11 Å². The number of aliphatic hydroxyl groups is 1. The monoisotopic (exact) mass is 240 g/mol. The van der Waals surface area contributed by atoms with Gasteiger partial charge in [-0.15, -0.1) is 0 Å². The molecular weight excluding hydrogens is 227 g/mol. The van der Waals surface area contributed by atoms with E-state index in [2.05, 4.69) is 0 Å². The first-order chi connectivity index (χ1) is 8.10. The average molecular weight is 240 g/mol. The SMILES string of the molecule is O=[N+]([O-])c1cc(F)cc(N2CCC(CO)C2)c1.